The highest BCUT2D eigenvalue weighted by Crippen LogP contribution is 2.29. The molecule has 5 rings (SSSR count). The number of fused-ring (bicyclic) bond motifs is 2. The van der Waals surface area contributed by atoms with Gasteiger partial charge in [0.1, 0.15) is 0 Å². The Morgan fingerprint density at radius 1 is 1.17 bits per heavy atom. The first-order valence-electron chi connectivity index (χ1n) is 10.8. The van der Waals surface area contributed by atoms with Crippen LogP contribution in [-0.2, 0) is 24.1 Å². The zero-order chi connectivity index (χ0) is 20.7. The van der Waals surface area contributed by atoms with E-state index in [0.29, 0.717) is 17.9 Å². The minimum atomic E-state index is 0.224. The van der Waals surface area contributed by atoms with Crippen LogP contribution in [0, 0.1) is 0 Å². The van der Waals surface area contributed by atoms with Gasteiger partial charge in [-0.15, -0.1) is 0 Å². The second-order valence-corrected chi connectivity index (χ2v) is 8.35. The standard InChI is InChI=1S/C23H29N5O2/c1-3-26-8-6-17-5-4-16(10-18(17)7-9-26)12-27-15-21-20(22(27)29)11-24-23(25-21)28-13-19(14-28)30-2/h4-5,10-11,15,19,29H,3,6-9,12-14H2,1-2H3. The lowest BCUT2D eigenvalue weighted by atomic mass is 10.00. The van der Waals surface area contributed by atoms with Gasteiger partial charge >= 0.3 is 0 Å². The number of aromatic hydroxyl groups is 1. The minimum absolute atomic E-state index is 0.224. The third-order valence-electron chi connectivity index (χ3n) is 6.53. The fourth-order valence-electron chi connectivity index (χ4n) is 4.48. The lowest BCUT2D eigenvalue weighted by molar-refractivity contribution is 0.0778. The van der Waals surface area contributed by atoms with E-state index in [-0.39, 0.29) is 12.0 Å². The van der Waals surface area contributed by atoms with E-state index in [2.05, 4.69) is 44.9 Å². The van der Waals surface area contributed by atoms with E-state index in [9.17, 15) is 5.11 Å². The van der Waals surface area contributed by atoms with Gasteiger partial charge in [0.05, 0.1) is 23.6 Å². The van der Waals surface area contributed by atoms with Crippen molar-refractivity contribution in [2.45, 2.75) is 32.4 Å². The largest absolute Gasteiger partial charge is 0.494 e. The summed E-state index contributed by atoms with van der Waals surface area (Å²) >= 11 is 0. The molecule has 0 aliphatic carbocycles. The summed E-state index contributed by atoms with van der Waals surface area (Å²) in [6.07, 6.45) is 6.10. The molecule has 30 heavy (non-hydrogen) atoms. The SMILES string of the molecule is CCN1CCc2ccc(Cn3cc4nc(N5CC(OC)C5)ncc4c3O)cc2CC1. The maximum Gasteiger partial charge on any atom is 0.226 e. The summed E-state index contributed by atoms with van der Waals surface area (Å²) in [6, 6.07) is 6.76. The Labute approximate surface area is 176 Å². The van der Waals surface area contributed by atoms with Gasteiger partial charge in [-0.2, -0.15) is 0 Å². The number of ether oxygens (including phenoxy) is 1. The molecule has 4 heterocycles. The van der Waals surface area contributed by atoms with E-state index >= 15 is 0 Å². The third-order valence-corrected chi connectivity index (χ3v) is 6.53. The highest BCUT2D eigenvalue weighted by molar-refractivity contribution is 5.84. The van der Waals surface area contributed by atoms with Crippen LogP contribution in [0.4, 0.5) is 5.95 Å². The van der Waals surface area contributed by atoms with Gasteiger partial charge in [-0.25, -0.2) is 9.97 Å². The summed E-state index contributed by atoms with van der Waals surface area (Å²) in [7, 11) is 1.73. The Kier molecular flexibility index (Phi) is 5.08. The van der Waals surface area contributed by atoms with Crippen molar-refractivity contribution in [3.63, 3.8) is 0 Å². The number of rotatable bonds is 5. The van der Waals surface area contributed by atoms with E-state index in [1.807, 2.05) is 10.8 Å². The Bertz CT molecular complexity index is 1060. The Balaban J connectivity index is 1.37. The second-order valence-electron chi connectivity index (χ2n) is 8.35. The molecular weight excluding hydrogens is 378 g/mol. The minimum Gasteiger partial charge on any atom is -0.494 e. The number of aromatic nitrogens is 3. The number of methoxy groups -OCH3 is 1. The fraction of sp³-hybridized carbons (Fsp3) is 0.478. The molecule has 0 atom stereocenters. The molecular formula is C23H29N5O2. The molecule has 2 aromatic heterocycles. The van der Waals surface area contributed by atoms with E-state index in [4.69, 9.17) is 4.74 Å². The monoisotopic (exact) mass is 407 g/mol. The first-order chi connectivity index (χ1) is 14.6. The second kappa shape index (κ2) is 7.89. The summed E-state index contributed by atoms with van der Waals surface area (Å²) in [5.74, 6) is 0.917. The van der Waals surface area contributed by atoms with E-state index in [1.54, 1.807) is 13.3 Å². The van der Waals surface area contributed by atoms with Crippen molar-refractivity contribution >= 4 is 16.9 Å². The van der Waals surface area contributed by atoms with Gasteiger partial charge in [0.15, 0.2) is 0 Å². The Morgan fingerprint density at radius 3 is 2.73 bits per heavy atom. The molecule has 3 aromatic rings. The van der Waals surface area contributed by atoms with Crippen molar-refractivity contribution in [3.05, 3.63) is 47.3 Å². The zero-order valence-electron chi connectivity index (χ0n) is 17.7. The van der Waals surface area contributed by atoms with Crippen LogP contribution in [0.1, 0.15) is 23.6 Å². The zero-order valence-corrected chi connectivity index (χ0v) is 17.7. The molecule has 2 aliphatic rings. The summed E-state index contributed by atoms with van der Waals surface area (Å²) in [6.45, 7) is 7.82. The average molecular weight is 408 g/mol. The molecule has 0 unspecified atom stereocenters. The van der Waals surface area contributed by atoms with Crippen molar-refractivity contribution in [1.82, 2.24) is 19.4 Å². The smallest absolute Gasteiger partial charge is 0.226 e. The van der Waals surface area contributed by atoms with Crippen LogP contribution in [0.5, 0.6) is 5.88 Å². The quantitative estimate of drug-likeness (QED) is 0.701. The van der Waals surface area contributed by atoms with Crippen LogP contribution in [-0.4, -0.2) is 70.5 Å². The topological polar surface area (TPSA) is 66.7 Å². The van der Waals surface area contributed by atoms with Crippen LogP contribution in [0.3, 0.4) is 0 Å². The van der Waals surface area contributed by atoms with E-state index in [0.717, 1.165) is 51.1 Å². The molecule has 0 radical (unpaired) electrons. The molecule has 158 valence electrons. The summed E-state index contributed by atoms with van der Waals surface area (Å²) < 4.78 is 7.20. The highest BCUT2D eigenvalue weighted by atomic mass is 16.5. The van der Waals surface area contributed by atoms with Gasteiger partial charge in [0.2, 0.25) is 11.8 Å². The van der Waals surface area contributed by atoms with Crippen molar-refractivity contribution in [2.24, 2.45) is 0 Å². The predicted molar refractivity (Wildman–Crippen MR) is 117 cm³/mol. The first kappa shape index (κ1) is 19.3. The molecule has 1 N–H and O–H groups in total. The first-order valence-corrected chi connectivity index (χ1v) is 10.8. The van der Waals surface area contributed by atoms with Crippen LogP contribution < -0.4 is 4.90 Å². The lowest BCUT2D eigenvalue weighted by Gasteiger charge is -2.37. The molecule has 0 bridgehead atoms. The fourth-order valence-corrected chi connectivity index (χ4v) is 4.48. The van der Waals surface area contributed by atoms with Crippen LogP contribution in [0.2, 0.25) is 0 Å². The van der Waals surface area contributed by atoms with Crippen molar-refractivity contribution in [2.75, 3.05) is 44.7 Å². The van der Waals surface area contributed by atoms with Crippen molar-refractivity contribution in [3.8, 4) is 5.88 Å². The van der Waals surface area contributed by atoms with Crippen LogP contribution in [0.15, 0.2) is 30.6 Å². The van der Waals surface area contributed by atoms with Crippen molar-refractivity contribution < 1.29 is 9.84 Å². The summed E-state index contributed by atoms with van der Waals surface area (Å²) in [4.78, 5) is 13.7. The van der Waals surface area contributed by atoms with Crippen LogP contribution >= 0.6 is 0 Å². The molecule has 1 saturated heterocycles. The molecule has 0 saturated carbocycles. The molecule has 7 nitrogen and oxygen atoms in total. The maximum absolute atomic E-state index is 10.7. The lowest BCUT2D eigenvalue weighted by Crippen LogP contribution is -2.52. The number of nitrogens with zero attached hydrogens (tertiary/aromatic N) is 5. The molecule has 0 spiro atoms. The van der Waals surface area contributed by atoms with Gasteiger partial charge in [0.25, 0.3) is 0 Å². The maximum atomic E-state index is 10.7. The van der Waals surface area contributed by atoms with Gasteiger partial charge in [-0.3, -0.25) is 0 Å². The number of anilines is 1. The molecule has 2 aliphatic heterocycles. The number of hydrogen-bond acceptors (Lipinski definition) is 6. The molecule has 1 fully saturated rings. The molecule has 1 aromatic carbocycles. The van der Waals surface area contributed by atoms with E-state index < -0.39 is 0 Å². The molecule has 7 heteroatoms. The Morgan fingerprint density at radius 2 is 1.97 bits per heavy atom. The average Bonchev–Trinajstić information content (AvgIpc) is 2.90. The predicted octanol–water partition coefficient (Wildman–Crippen LogP) is 2.44. The van der Waals surface area contributed by atoms with E-state index in [1.165, 1.54) is 16.7 Å². The summed E-state index contributed by atoms with van der Waals surface area (Å²) in [5, 5.41) is 11.4. The number of likely N-dealkylation sites (N-methyl/N-ethyl adjacent to an activating group) is 1. The van der Waals surface area contributed by atoms with Gasteiger partial charge < -0.3 is 24.2 Å². The van der Waals surface area contributed by atoms with Crippen LogP contribution in [0.25, 0.3) is 10.9 Å². The number of hydrogen-bond donors (Lipinski definition) is 1. The van der Waals surface area contributed by atoms with Gasteiger partial charge in [0, 0.05) is 45.7 Å². The summed E-state index contributed by atoms with van der Waals surface area (Å²) in [5.41, 5.74) is 4.86. The normalized spacial score (nSPS) is 17.7. The molecule has 0 amide bonds. The highest BCUT2D eigenvalue weighted by Gasteiger charge is 2.28. The van der Waals surface area contributed by atoms with Gasteiger partial charge in [-0.1, -0.05) is 25.1 Å². The Hall–Kier alpha value is -2.64. The number of benzene rings is 1. The van der Waals surface area contributed by atoms with Gasteiger partial charge in [-0.05, 0) is 36.1 Å². The van der Waals surface area contributed by atoms with Crippen molar-refractivity contribution in [1.29, 1.82) is 0 Å². The third kappa shape index (κ3) is 3.52.